The van der Waals surface area contributed by atoms with Crippen molar-refractivity contribution in [3.05, 3.63) is 0 Å². The van der Waals surface area contributed by atoms with Crippen LogP contribution >= 0.6 is 0 Å². The Labute approximate surface area is 103 Å². The average Bonchev–Trinajstić information content (AvgIpc) is 2.32. The molecule has 0 saturated carbocycles. The highest BCUT2D eigenvalue weighted by atomic mass is 15.1. The second-order valence-electron chi connectivity index (χ2n) is 5.09. The van der Waals surface area contributed by atoms with Crippen LogP contribution in [0.2, 0.25) is 0 Å². The molecular weight excluding hydrogens is 196 g/mol. The highest BCUT2D eigenvalue weighted by Crippen LogP contribution is 2.07. The average molecular weight is 228 g/mol. The van der Waals surface area contributed by atoms with E-state index in [2.05, 4.69) is 37.9 Å². The largest absolute Gasteiger partial charge is 0.317 e. The summed E-state index contributed by atoms with van der Waals surface area (Å²) in [6, 6.07) is 0.671. The number of nitrogens with one attached hydrogen (secondary N) is 1. The van der Waals surface area contributed by atoms with E-state index in [1.165, 1.54) is 45.3 Å². The fraction of sp³-hybridized carbons (Fsp3) is 1.00. The Hall–Kier alpha value is -0.0800. The third-order valence-corrected chi connectivity index (χ3v) is 3.57. The van der Waals surface area contributed by atoms with Gasteiger partial charge in [0, 0.05) is 12.6 Å². The molecule has 0 aromatic carbocycles. The molecule has 0 aliphatic rings. The number of hydrogen-bond acceptors (Lipinski definition) is 2. The second-order valence-corrected chi connectivity index (χ2v) is 5.09. The third-order valence-electron chi connectivity index (χ3n) is 3.57. The van der Waals surface area contributed by atoms with E-state index in [-0.39, 0.29) is 0 Å². The summed E-state index contributed by atoms with van der Waals surface area (Å²) in [5.74, 6) is 0.844. The van der Waals surface area contributed by atoms with Crippen LogP contribution in [0.3, 0.4) is 0 Å². The molecule has 0 spiro atoms. The Morgan fingerprint density at radius 1 is 1.12 bits per heavy atom. The van der Waals surface area contributed by atoms with Crippen LogP contribution < -0.4 is 5.32 Å². The minimum absolute atomic E-state index is 0.671. The number of unbranched alkanes of at least 4 members (excludes halogenated alkanes) is 1. The first-order valence-electron chi connectivity index (χ1n) is 7.03. The summed E-state index contributed by atoms with van der Waals surface area (Å²) in [5.41, 5.74) is 0. The quantitative estimate of drug-likeness (QED) is 0.578. The lowest BCUT2D eigenvalue weighted by molar-refractivity contribution is 0.240. The van der Waals surface area contributed by atoms with E-state index in [0.29, 0.717) is 6.04 Å². The van der Waals surface area contributed by atoms with E-state index in [0.717, 1.165) is 5.92 Å². The van der Waals surface area contributed by atoms with Gasteiger partial charge in [-0.25, -0.2) is 0 Å². The van der Waals surface area contributed by atoms with Crippen LogP contribution in [0.5, 0.6) is 0 Å². The molecule has 0 aliphatic carbocycles. The van der Waals surface area contributed by atoms with Gasteiger partial charge >= 0.3 is 0 Å². The maximum absolute atomic E-state index is 3.29. The van der Waals surface area contributed by atoms with E-state index in [9.17, 15) is 0 Å². The summed E-state index contributed by atoms with van der Waals surface area (Å²) in [4.78, 5) is 2.60. The second kappa shape index (κ2) is 10.1. The standard InChI is InChI=1S/C14H32N2/c1-6-13(3)12-16(7-2)11-9-8-10-14(4)15-5/h13-15H,6-12H2,1-5H3. The zero-order chi connectivity index (χ0) is 12.4. The summed E-state index contributed by atoms with van der Waals surface area (Å²) >= 11 is 0. The van der Waals surface area contributed by atoms with Gasteiger partial charge in [0.1, 0.15) is 0 Å². The first-order valence-corrected chi connectivity index (χ1v) is 7.03. The molecule has 0 aromatic heterocycles. The lowest BCUT2D eigenvalue weighted by Crippen LogP contribution is -2.29. The van der Waals surface area contributed by atoms with Crippen LogP contribution in [0.15, 0.2) is 0 Å². The van der Waals surface area contributed by atoms with Gasteiger partial charge < -0.3 is 10.2 Å². The molecule has 16 heavy (non-hydrogen) atoms. The number of hydrogen-bond donors (Lipinski definition) is 1. The SMILES string of the molecule is CCC(C)CN(CC)CCCCC(C)NC. The molecule has 2 heteroatoms. The van der Waals surface area contributed by atoms with Crippen molar-refractivity contribution >= 4 is 0 Å². The minimum Gasteiger partial charge on any atom is -0.317 e. The van der Waals surface area contributed by atoms with Crippen molar-refractivity contribution in [1.82, 2.24) is 10.2 Å². The van der Waals surface area contributed by atoms with Crippen LogP contribution in [0.1, 0.15) is 53.4 Å². The van der Waals surface area contributed by atoms with Crippen molar-refractivity contribution in [2.45, 2.75) is 59.4 Å². The number of nitrogens with zero attached hydrogens (tertiary/aromatic N) is 1. The summed E-state index contributed by atoms with van der Waals surface area (Å²) in [7, 11) is 2.05. The third kappa shape index (κ3) is 8.12. The smallest absolute Gasteiger partial charge is 0.00357 e. The van der Waals surface area contributed by atoms with Crippen molar-refractivity contribution < 1.29 is 0 Å². The normalized spacial score (nSPS) is 15.4. The molecule has 0 heterocycles. The van der Waals surface area contributed by atoms with Crippen LogP contribution in [0.4, 0.5) is 0 Å². The molecule has 2 nitrogen and oxygen atoms in total. The minimum atomic E-state index is 0.671. The lowest BCUT2D eigenvalue weighted by atomic mass is 10.1. The highest BCUT2D eigenvalue weighted by molar-refractivity contribution is 4.62. The topological polar surface area (TPSA) is 15.3 Å². The first kappa shape index (κ1) is 15.9. The predicted molar refractivity (Wildman–Crippen MR) is 73.9 cm³/mol. The molecule has 0 saturated heterocycles. The van der Waals surface area contributed by atoms with Gasteiger partial charge in [-0.05, 0) is 45.8 Å². The maximum atomic E-state index is 3.29. The molecule has 0 radical (unpaired) electrons. The van der Waals surface area contributed by atoms with Gasteiger partial charge in [0.05, 0.1) is 0 Å². The molecule has 1 N–H and O–H groups in total. The van der Waals surface area contributed by atoms with Gasteiger partial charge in [0.2, 0.25) is 0 Å². The van der Waals surface area contributed by atoms with Crippen molar-refractivity contribution in [1.29, 1.82) is 0 Å². The zero-order valence-corrected chi connectivity index (χ0v) is 12.1. The Kier molecular flexibility index (Phi) is 10.0. The van der Waals surface area contributed by atoms with Gasteiger partial charge in [-0.3, -0.25) is 0 Å². The maximum Gasteiger partial charge on any atom is 0.00357 e. The van der Waals surface area contributed by atoms with Crippen LogP contribution in [-0.2, 0) is 0 Å². The van der Waals surface area contributed by atoms with E-state index < -0.39 is 0 Å². The van der Waals surface area contributed by atoms with Gasteiger partial charge in [-0.15, -0.1) is 0 Å². The first-order chi connectivity index (χ1) is 7.63. The summed E-state index contributed by atoms with van der Waals surface area (Å²) in [5, 5.41) is 3.29. The Morgan fingerprint density at radius 2 is 1.81 bits per heavy atom. The molecule has 2 unspecified atom stereocenters. The van der Waals surface area contributed by atoms with Gasteiger partial charge in [0.15, 0.2) is 0 Å². The summed E-state index contributed by atoms with van der Waals surface area (Å²) < 4.78 is 0. The van der Waals surface area contributed by atoms with Gasteiger partial charge in [0.25, 0.3) is 0 Å². The van der Waals surface area contributed by atoms with Crippen molar-refractivity contribution in [2.24, 2.45) is 5.92 Å². The fourth-order valence-corrected chi connectivity index (χ4v) is 1.88. The highest BCUT2D eigenvalue weighted by Gasteiger charge is 2.07. The van der Waals surface area contributed by atoms with Crippen LogP contribution in [-0.4, -0.2) is 37.6 Å². The van der Waals surface area contributed by atoms with Gasteiger partial charge in [-0.1, -0.05) is 33.6 Å². The fourth-order valence-electron chi connectivity index (χ4n) is 1.88. The van der Waals surface area contributed by atoms with E-state index in [1.54, 1.807) is 0 Å². The van der Waals surface area contributed by atoms with Crippen molar-refractivity contribution in [3.63, 3.8) is 0 Å². The monoisotopic (exact) mass is 228 g/mol. The molecule has 0 rings (SSSR count). The van der Waals surface area contributed by atoms with E-state index in [1.807, 2.05) is 7.05 Å². The molecule has 0 aliphatic heterocycles. The number of rotatable bonds is 10. The summed E-state index contributed by atoms with van der Waals surface area (Å²) in [6.45, 7) is 12.9. The van der Waals surface area contributed by atoms with Gasteiger partial charge in [-0.2, -0.15) is 0 Å². The lowest BCUT2D eigenvalue weighted by Gasteiger charge is -2.23. The van der Waals surface area contributed by atoms with Crippen molar-refractivity contribution in [2.75, 3.05) is 26.7 Å². The molecule has 0 bridgehead atoms. The molecule has 0 fully saturated rings. The van der Waals surface area contributed by atoms with Crippen molar-refractivity contribution in [3.8, 4) is 0 Å². The predicted octanol–water partition coefficient (Wildman–Crippen LogP) is 3.13. The zero-order valence-electron chi connectivity index (χ0n) is 12.1. The Balaban J connectivity index is 3.55. The molecular formula is C14H32N2. The molecule has 0 amide bonds. The van der Waals surface area contributed by atoms with Crippen LogP contribution in [0, 0.1) is 5.92 Å². The Morgan fingerprint density at radius 3 is 2.31 bits per heavy atom. The Bertz CT molecular complexity index is 148. The summed E-state index contributed by atoms with van der Waals surface area (Å²) in [6.07, 6.45) is 5.29. The molecule has 0 aromatic rings. The molecule has 98 valence electrons. The van der Waals surface area contributed by atoms with Crippen LogP contribution in [0.25, 0.3) is 0 Å². The molecule has 2 atom stereocenters. The van der Waals surface area contributed by atoms with E-state index >= 15 is 0 Å². The van der Waals surface area contributed by atoms with E-state index in [4.69, 9.17) is 0 Å².